The van der Waals surface area contributed by atoms with Crippen molar-refractivity contribution in [2.24, 2.45) is 0 Å². The predicted molar refractivity (Wildman–Crippen MR) is 193 cm³/mol. The van der Waals surface area contributed by atoms with E-state index < -0.39 is 5.41 Å². The lowest BCUT2D eigenvalue weighted by atomic mass is 9.72. The first-order valence-electron chi connectivity index (χ1n) is 16.4. The number of imidazole rings is 1. The van der Waals surface area contributed by atoms with Crippen LogP contribution in [-0.4, -0.2) is 19.5 Å². The van der Waals surface area contributed by atoms with E-state index in [1.54, 1.807) is 0 Å². The summed E-state index contributed by atoms with van der Waals surface area (Å²) in [5.41, 5.74) is 12.7. The fraction of sp³-hybridized carbons (Fsp3) is 0.0227. The van der Waals surface area contributed by atoms with Crippen molar-refractivity contribution in [3.63, 3.8) is 0 Å². The largest absolute Gasteiger partial charge is 0.294 e. The maximum atomic E-state index is 5.45. The highest BCUT2D eigenvalue weighted by Crippen LogP contribution is 2.61. The molecule has 0 atom stereocenters. The van der Waals surface area contributed by atoms with E-state index in [9.17, 15) is 0 Å². The van der Waals surface area contributed by atoms with E-state index in [0.29, 0.717) is 5.82 Å². The van der Waals surface area contributed by atoms with Crippen molar-refractivity contribution in [2.75, 3.05) is 0 Å². The van der Waals surface area contributed by atoms with Crippen molar-refractivity contribution < 1.29 is 0 Å². The van der Waals surface area contributed by atoms with Gasteiger partial charge in [-0.2, -0.15) is 0 Å². The second kappa shape index (κ2) is 9.34. The lowest BCUT2D eigenvalue weighted by Gasteiger charge is -2.27. The Morgan fingerprint density at radius 2 is 1.12 bits per heavy atom. The average Bonchev–Trinajstić information content (AvgIpc) is 3.78. The number of nitrogens with zero attached hydrogens (tertiary/aromatic N) is 4. The van der Waals surface area contributed by atoms with Gasteiger partial charge in [0.15, 0.2) is 5.82 Å². The normalized spacial score (nSPS) is 13.6. The zero-order valence-electron chi connectivity index (χ0n) is 25.8. The van der Waals surface area contributed by atoms with Gasteiger partial charge in [0, 0.05) is 21.9 Å². The van der Waals surface area contributed by atoms with Crippen molar-refractivity contribution in [3.8, 4) is 39.5 Å². The Morgan fingerprint density at radius 1 is 0.458 bits per heavy atom. The maximum absolute atomic E-state index is 5.45. The van der Waals surface area contributed by atoms with Crippen LogP contribution in [0.5, 0.6) is 0 Å². The smallest absolute Gasteiger partial charge is 0.162 e. The molecule has 0 N–H and O–H groups in total. The van der Waals surface area contributed by atoms with Gasteiger partial charge in [0.05, 0.1) is 27.9 Å². The first-order valence-corrected chi connectivity index (χ1v) is 16.4. The van der Waals surface area contributed by atoms with Gasteiger partial charge in [0.25, 0.3) is 0 Å². The summed E-state index contributed by atoms with van der Waals surface area (Å²) in [6.07, 6.45) is 0. The van der Waals surface area contributed by atoms with E-state index in [0.717, 1.165) is 61.0 Å². The first-order chi connectivity index (χ1) is 23.8. The Kier molecular flexibility index (Phi) is 5.01. The summed E-state index contributed by atoms with van der Waals surface area (Å²) in [7, 11) is 0. The van der Waals surface area contributed by atoms with Gasteiger partial charge in [-0.25, -0.2) is 15.0 Å². The minimum absolute atomic E-state index is 0.580. The molecule has 2 aromatic heterocycles. The summed E-state index contributed by atoms with van der Waals surface area (Å²) in [5, 5.41) is 3.32. The molecule has 0 saturated heterocycles. The fourth-order valence-electron chi connectivity index (χ4n) is 8.46. The Hall–Kier alpha value is -6.39. The predicted octanol–water partition coefficient (Wildman–Crippen LogP) is 10.1. The zero-order valence-corrected chi connectivity index (χ0v) is 25.8. The molecule has 9 aromatic rings. The number of fused-ring (bicyclic) bond motifs is 15. The fourth-order valence-corrected chi connectivity index (χ4v) is 8.46. The second-order valence-corrected chi connectivity index (χ2v) is 12.7. The molecule has 11 rings (SSSR count). The molecule has 4 heteroatoms. The van der Waals surface area contributed by atoms with Crippen molar-refractivity contribution >= 4 is 32.7 Å². The van der Waals surface area contributed by atoms with Crippen LogP contribution in [0.15, 0.2) is 158 Å². The van der Waals surface area contributed by atoms with Crippen LogP contribution in [0.4, 0.5) is 0 Å². The molecule has 0 amide bonds. The van der Waals surface area contributed by atoms with Crippen LogP contribution in [0.25, 0.3) is 72.2 Å². The quantitative estimate of drug-likeness (QED) is 0.183. The van der Waals surface area contributed by atoms with Gasteiger partial charge in [0.2, 0.25) is 0 Å². The summed E-state index contributed by atoms with van der Waals surface area (Å²) in [6.45, 7) is 0. The lowest BCUT2D eigenvalue weighted by Crippen LogP contribution is -2.27. The summed E-state index contributed by atoms with van der Waals surface area (Å²) in [6, 6.07) is 56.1. The zero-order chi connectivity index (χ0) is 31.4. The van der Waals surface area contributed by atoms with Gasteiger partial charge in [-0.1, -0.05) is 133 Å². The number of hydrogen-bond donors (Lipinski definition) is 0. The SMILES string of the molecule is c1ccc(-c2nc(-c3cccc4c3-n3c(nc5ccccc53)C43c4ccccc4-c4ccccc43)nc3c2ccc2ccccc23)cc1. The summed E-state index contributed by atoms with van der Waals surface area (Å²) >= 11 is 0. The topological polar surface area (TPSA) is 43.6 Å². The molecule has 0 saturated carbocycles. The molecule has 0 bridgehead atoms. The second-order valence-electron chi connectivity index (χ2n) is 12.7. The van der Waals surface area contributed by atoms with Crippen LogP contribution in [0.3, 0.4) is 0 Å². The molecule has 1 aliphatic heterocycles. The number of hydrogen-bond acceptors (Lipinski definition) is 3. The molecule has 1 aliphatic carbocycles. The molecule has 0 fully saturated rings. The number of rotatable bonds is 2. The summed E-state index contributed by atoms with van der Waals surface area (Å²) in [4.78, 5) is 16.3. The van der Waals surface area contributed by atoms with Crippen molar-refractivity contribution in [1.82, 2.24) is 19.5 Å². The highest BCUT2D eigenvalue weighted by atomic mass is 15.1. The third kappa shape index (κ3) is 3.16. The van der Waals surface area contributed by atoms with Gasteiger partial charge in [0.1, 0.15) is 11.2 Å². The van der Waals surface area contributed by atoms with E-state index in [4.69, 9.17) is 15.0 Å². The minimum atomic E-state index is -0.580. The molecule has 4 nitrogen and oxygen atoms in total. The van der Waals surface area contributed by atoms with E-state index >= 15 is 0 Å². The van der Waals surface area contributed by atoms with Gasteiger partial charge >= 0.3 is 0 Å². The molecule has 2 aliphatic rings. The van der Waals surface area contributed by atoms with Crippen molar-refractivity contribution in [2.45, 2.75) is 5.41 Å². The van der Waals surface area contributed by atoms with E-state index in [2.05, 4.69) is 162 Å². The lowest BCUT2D eigenvalue weighted by molar-refractivity contribution is 0.738. The highest BCUT2D eigenvalue weighted by molar-refractivity contribution is 6.10. The van der Waals surface area contributed by atoms with Crippen LogP contribution in [-0.2, 0) is 5.41 Å². The third-order valence-electron chi connectivity index (χ3n) is 10.4. The minimum Gasteiger partial charge on any atom is -0.294 e. The van der Waals surface area contributed by atoms with Gasteiger partial charge in [-0.05, 0) is 57.5 Å². The van der Waals surface area contributed by atoms with Gasteiger partial charge < -0.3 is 0 Å². The van der Waals surface area contributed by atoms with Crippen LogP contribution in [0, 0.1) is 0 Å². The molecular formula is C44H26N4. The van der Waals surface area contributed by atoms with Crippen LogP contribution >= 0.6 is 0 Å². The van der Waals surface area contributed by atoms with Gasteiger partial charge in [-0.3, -0.25) is 4.57 Å². The monoisotopic (exact) mass is 610 g/mol. The summed E-state index contributed by atoms with van der Waals surface area (Å²) < 4.78 is 2.39. The molecule has 0 radical (unpaired) electrons. The van der Waals surface area contributed by atoms with Gasteiger partial charge in [-0.15, -0.1) is 0 Å². The Morgan fingerprint density at radius 3 is 1.96 bits per heavy atom. The Balaban J connectivity index is 1.30. The Bertz CT molecular complexity index is 2750. The van der Waals surface area contributed by atoms with E-state index in [-0.39, 0.29) is 0 Å². The third-order valence-corrected chi connectivity index (χ3v) is 10.4. The molecule has 3 heterocycles. The first kappa shape index (κ1) is 25.8. The number of benzene rings is 7. The average molecular weight is 611 g/mol. The van der Waals surface area contributed by atoms with E-state index in [1.807, 2.05) is 0 Å². The molecule has 0 unspecified atom stereocenters. The molecule has 7 aromatic carbocycles. The molecule has 222 valence electrons. The standard InChI is InChI=1S/C44H26N4/c1-2-14-28(15-3-1)39-32-26-25-27-13-4-5-16-29(27)40(32)47-42(46-39)33-19-12-22-36-41(33)48-38-24-11-10-23-37(38)45-43(48)44(36)34-20-8-6-17-30(34)31-18-7-9-21-35(31)44/h1-26H. The van der Waals surface area contributed by atoms with E-state index in [1.165, 1.54) is 27.8 Å². The van der Waals surface area contributed by atoms with Crippen LogP contribution in [0.1, 0.15) is 22.5 Å². The van der Waals surface area contributed by atoms with Crippen LogP contribution < -0.4 is 0 Å². The Labute approximate surface area is 276 Å². The number of para-hydroxylation sites is 3. The molecule has 48 heavy (non-hydrogen) atoms. The van der Waals surface area contributed by atoms with Crippen LogP contribution in [0.2, 0.25) is 0 Å². The maximum Gasteiger partial charge on any atom is 0.162 e. The summed E-state index contributed by atoms with van der Waals surface area (Å²) in [5.74, 6) is 1.72. The molecular weight excluding hydrogens is 585 g/mol. The highest BCUT2D eigenvalue weighted by Gasteiger charge is 2.54. The van der Waals surface area contributed by atoms with Crippen molar-refractivity contribution in [1.29, 1.82) is 0 Å². The number of aromatic nitrogens is 4. The molecule has 1 spiro atoms. The van der Waals surface area contributed by atoms with Crippen molar-refractivity contribution in [3.05, 3.63) is 180 Å².